The first-order valence-corrected chi connectivity index (χ1v) is 14.0. The molecule has 10 nitrogen and oxygen atoms in total. The highest BCUT2D eigenvalue weighted by atomic mass is 16.4. The summed E-state index contributed by atoms with van der Waals surface area (Å²) in [5.41, 5.74) is 7.53. The van der Waals surface area contributed by atoms with E-state index in [-0.39, 0.29) is 43.4 Å². The third-order valence-corrected chi connectivity index (χ3v) is 8.10. The van der Waals surface area contributed by atoms with Crippen LogP contribution in [0.15, 0.2) is 46.1 Å². The van der Waals surface area contributed by atoms with Gasteiger partial charge < -0.3 is 35.1 Å². The van der Waals surface area contributed by atoms with Crippen LogP contribution in [0.5, 0.6) is 0 Å². The number of carboxylic acids is 2. The standard InChI is InChI=1S/C33H36N4O6/c1-7-20-19(6)32(42)37-27(20)14-25-18(5)23(10-12-31(40)41)29(35-25)15-28-22(9-11-30(38)39)17(4)24(34-28)13-26-16(3)21(8-2)33(43)36-26/h7-8,13-15,19,34-35H,2,9-12H2,1,3-6H3,(H,37,42)(H,38,39)(H,40,41)/p-2/b20-7+,24-13-,27-14-,28-15-/t19-/m1/s1. The van der Waals surface area contributed by atoms with Crippen molar-refractivity contribution in [2.24, 2.45) is 10.9 Å². The lowest BCUT2D eigenvalue weighted by Gasteiger charge is -2.05. The van der Waals surface area contributed by atoms with Crippen LogP contribution in [0.2, 0.25) is 0 Å². The van der Waals surface area contributed by atoms with E-state index in [9.17, 15) is 29.4 Å². The van der Waals surface area contributed by atoms with Crippen molar-refractivity contribution < 1.29 is 29.4 Å². The zero-order chi connectivity index (χ0) is 31.6. The summed E-state index contributed by atoms with van der Waals surface area (Å²) in [6.07, 6.45) is 8.73. The number of amides is 2. The minimum Gasteiger partial charge on any atom is -0.550 e. The number of aliphatic imine (C=N–C) groups is 1. The molecular formula is C33H34N4O6-2. The first kappa shape index (κ1) is 31.0. The number of H-pyrrole nitrogens is 2. The van der Waals surface area contributed by atoms with Crippen LogP contribution in [0, 0.1) is 19.8 Å². The van der Waals surface area contributed by atoms with Crippen LogP contribution >= 0.6 is 0 Å². The second-order valence-electron chi connectivity index (χ2n) is 10.7. The van der Waals surface area contributed by atoms with Crippen molar-refractivity contribution in [2.75, 3.05) is 0 Å². The van der Waals surface area contributed by atoms with Gasteiger partial charge in [-0.05, 0) is 112 Å². The number of hydrogen-bond donors (Lipinski definition) is 3. The van der Waals surface area contributed by atoms with E-state index < -0.39 is 11.9 Å². The fourth-order valence-corrected chi connectivity index (χ4v) is 5.56. The van der Waals surface area contributed by atoms with Crippen LogP contribution in [-0.4, -0.2) is 39.4 Å². The Labute approximate surface area is 249 Å². The Morgan fingerprint density at radius 1 is 0.907 bits per heavy atom. The van der Waals surface area contributed by atoms with Gasteiger partial charge in [-0.15, -0.1) is 0 Å². The zero-order valence-corrected chi connectivity index (χ0v) is 24.9. The molecular weight excluding hydrogens is 548 g/mol. The minimum absolute atomic E-state index is 0.102. The molecule has 0 unspecified atom stereocenters. The lowest BCUT2D eigenvalue weighted by molar-refractivity contribution is -0.307. The number of aromatic nitrogens is 2. The van der Waals surface area contributed by atoms with E-state index in [4.69, 9.17) is 0 Å². The number of aliphatic carboxylic acids is 2. The number of carboxylic acid groups (broad SMARTS) is 2. The van der Waals surface area contributed by atoms with Crippen LogP contribution in [-0.2, 0) is 32.0 Å². The van der Waals surface area contributed by atoms with Gasteiger partial charge in [0.15, 0.2) is 0 Å². The maximum Gasteiger partial charge on any atom is 0.277 e. The number of rotatable bonds is 10. The summed E-state index contributed by atoms with van der Waals surface area (Å²) < 4.78 is 0. The van der Waals surface area contributed by atoms with Gasteiger partial charge in [0.25, 0.3) is 5.91 Å². The molecule has 0 saturated carbocycles. The molecule has 4 heterocycles. The molecule has 2 amide bonds. The molecule has 1 fully saturated rings. The Morgan fingerprint density at radius 3 is 2.14 bits per heavy atom. The van der Waals surface area contributed by atoms with E-state index in [0.29, 0.717) is 44.6 Å². The number of nitrogens with zero attached hydrogens (tertiary/aromatic N) is 1. The van der Waals surface area contributed by atoms with E-state index in [1.165, 1.54) is 6.08 Å². The van der Waals surface area contributed by atoms with E-state index in [1.807, 2.05) is 45.9 Å². The monoisotopic (exact) mass is 582 g/mol. The number of allylic oxidation sites excluding steroid dienone is 3. The second kappa shape index (κ2) is 12.5. The van der Waals surface area contributed by atoms with Gasteiger partial charge in [-0.25, -0.2) is 4.99 Å². The van der Waals surface area contributed by atoms with E-state index in [2.05, 4.69) is 26.9 Å². The van der Waals surface area contributed by atoms with Crippen molar-refractivity contribution in [3.05, 3.63) is 85.5 Å². The number of carbonyl (C=O) groups is 4. The van der Waals surface area contributed by atoms with Gasteiger partial charge >= 0.3 is 0 Å². The predicted molar refractivity (Wildman–Crippen MR) is 159 cm³/mol. The molecule has 1 atom stereocenters. The summed E-state index contributed by atoms with van der Waals surface area (Å²) in [5.74, 6) is -3.14. The Bertz CT molecular complexity index is 1810. The molecule has 0 aliphatic carbocycles. The summed E-state index contributed by atoms with van der Waals surface area (Å²) in [5, 5.41) is 26.9. The van der Waals surface area contributed by atoms with E-state index in [1.54, 1.807) is 13.0 Å². The molecule has 1 saturated heterocycles. The molecule has 43 heavy (non-hydrogen) atoms. The molecule has 0 aromatic carbocycles. The maximum absolute atomic E-state index is 12.3. The normalized spacial score (nSPS) is 19.7. The second-order valence-corrected chi connectivity index (χ2v) is 10.7. The third kappa shape index (κ3) is 6.28. The Kier molecular flexibility index (Phi) is 8.99. The van der Waals surface area contributed by atoms with Gasteiger partial charge in [-0.3, -0.25) is 9.59 Å². The van der Waals surface area contributed by atoms with Crippen molar-refractivity contribution in [1.29, 1.82) is 0 Å². The third-order valence-electron chi connectivity index (χ3n) is 8.10. The molecule has 10 heteroatoms. The number of hydrogen-bond acceptors (Lipinski definition) is 6. The van der Waals surface area contributed by atoms with Crippen molar-refractivity contribution in [1.82, 2.24) is 15.3 Å². The van der Waals surface area contributed by atoms with Crippen LogP contribution in [0.1, 0.15) is 67.3 Å². The largest absolute Gasteiger partial charge is 0.550 e. The molecule has 0 spiro atoms. The fourth-order valence-electron chi connectivity index (χ4n) is 5.56. The topological polar surface area (TPSA) is 170 Å². The SMILES string of the molecule is C=CC1=C(C)C(/C=c2\[nH]/c(=C\c3[nH]c(/C=C4\NC(=O)[C@H](C)\C4=C/C)c(C)c3CCC(=O)[O-])c(CCC(=O)[O-])c2C)=NC1=O. The van der Waals surface area contributed by atoms with E-state index >= 15 is 0 Å². The lowest BCUT2D eigenvalue weighted by Crippen LogP contribution is -2.23. The lowest BCUT2D eigenvalue weighted by atomic mass is 10.00. The fraction of sp³-hybridized carbons (Fsp3) is 0.303. The Balaban J connectivity index is 1.91. The first-order valence-electron chi connectivity index (χ1n) is 14.0. The Morgan fingerprint density at radius 2 is 1.56 bits per heavy atom. The van der Waals surface area contributed by atoms with Crippen LogP contribution in [0.4, 0.5) is 0 Å². The molecule has 2 aromatic rings. The quantitative estimate of drug-likeness (QED) is 0.368. The van der Waals surface area contributed by atoms with Crippen LogP contribution in [0.25, 0.3) is 18.2 Å². The molecule has 224 valence electrons. The average Bonchev–Trinajstić information content (AvgIpc) is 3.59. The zero-order valence-electron chi connectivity index (χ0n) is 24.9. The van der Waals surface area contributed by atoms with Gasteiger partial charge in [0.2, 0.25) is 5.91 Å². The molecule has 0 radical (unpaired) electrons. The van der Waals surface area contributed by atoms with Crippen molar-refractivity contribution in [3.63, 3.8) is 0 Å². The molecule has 2 aliphatic rings. The highest BCUT2D eigenvalue weighted by molar-refractivity contribution is 6.31. The highest BCUT2D eigenvalue weighted by Crippen LogP contribution is 2.29. The van der Waals surface area contributed by atoms with E-state index in [0.717, 1.165) is 27.8 Å². The van der Waals surface area contributed by atoms with Gasteiger partial charge in [-0.2, -0.15) is 0 Å². The van der Waals surface area contributed by atoms with Crippen molar-refractivity contribution in [2.45, 2.75) is 60.3 Å². The molecule has 2 aromatic heterocycles. The molecule has 3 N–H and O–H groups in total. The summed E-state index contributed by atoms with van der Waals surface area (Å²) in [7, 11) is 0. The number of carbonyl (C=O) groups excluding carboxylic acids is 4. The maximum atomic E-state index is 12.3. The smallest absolute Gasteiger partial charge is 0.277 e. The predicted octanol–water partition coefficient (Wildman–Crippen LogP) is 0.471. The van der Waals surface area contributed by atoms with Crippen molar-refractivity contribution in [3.8, 4) is 0 Å². The minimum atomic E-state index is -1.19. The van der Waals surface area contributed by atoms with Crippen LogP contribution in [0.3, 0.4) is 0 Å². The van der Waals surface area contributed by atoms with Gasteiger partial charge in [0, 0.05) is 45.3 Å². The molecule has 4 rings (SSSR count). The summed E-state index contributed by atoms with van der Waals surface area (Å²) in [6, 6.07) is 0. The highest BCUT2D eigenvalue weighted by Gasteiger charge is 2.29. The van der Waals surface area contributed by atoms with Gasteiger partial charge in [0.1, 0.15) is 0 Å². The number of aromatic amines is 2. The first-order chi connectivity index (χ1) is 20.4. The number of nitrogens with one attached hydrogen (secondary N) is 3. The summed E-state index contributed by atoms with van der Waals surface area (Å²) in [4.78, 5) is 58.2. The van der Waals surface area contributed by atoms with Gasteiger partial charge in [-0.1, -0.05) is 18.7 Å². The summed E-state index contributed by atoms with van der Waals surface area (Å²) in [6.45, 7) is 12.9. The molecule has 2 aliphatic heterocycles. The van der Waals surface area contributed by atoms with Crippen LogP contribution < -0.4 is 26.2 Å². The van der Waals surface area contributed by atoms with Crippen molar-refractivity contribution >= 4 is 47.7 Å². The Hall–Kier alpha value is -4.99. The summed E-state index contributed by atoms with van der Waals surface area (Å²) >= 11 is 0. The van der Waals surface area contributed by atoms with Gasteiger partial charge in [0.05, 0.1) is 11.6 Å². The molecule has 0 bridgehead atoms. The average molecular weight is 583 g/mol.